The summed E-state index contributed by atoms with van der Waals surface area (Å²) in [5, 5.41) is 4.03. The maximum Gasteiger partial charge on any atom is 0.344 e. The molecule has 1 heterocycles. The number of halogens is 1. The smallest absolute Gasteiger partial charge is 0.344 e. The molecule has 33 heavy (non-hydrogen) atoms. The highest BCUT2D eigenvalue weighted by molar-refractivity contribution is 7.90. The van der Waals surface area contributed by atoms with Crippen LogP contribution in [0.25, 0.3) is 0 Å². The molecule has 1 aliphatic heterocycles. The van der Waals surface area contributed by atoms with Crippen LogP contribution in [0, 0.1) is 0 Å². The molecule has 0 fully saturated rings. The molecule has 7 nitrogen and oxygen atoms in total. The van der Waals surface area contributed by atoms with E-state index < -0.39 is 15.8 Å². The fourth-order valence-electron chi connectivity index (χ4n) is 3.87. The number of hydrogen-bond donors (Lipinski definition) is 0. The number of sulfone groups is 1. The van der Waals surface area contributed by atoms with E-state index in [2.05, 4.69) is 5.16 Å². The third kappa shape index (κ3) is 5.34. The Morgan fingerprint density at radius 1 is 1.18 bits per heavy atom. The Morgan fingerprint density at radius 3 is 2.64 bits per heavy atom. The van der Waals surface area contributed by atoms with Gasteiger partial charge >= 0.3 is 5.97 Å². The number of rotatable bonds is 6. The largest absolute Gasteiger partial charge is 0.427 e. The maximum atomic E-state index is 12.8. The van der Waals surface area contributed by atoms with E-state index in [0.29, 0.717) is 37.8 Å². The van der Waals surface area contributed by atoms with Crippen molar-refractivity contribution in [3.8, 4) is 0 Å². The molecule has 0 amide bonds. The van der Waals surface area contributed by atoms with Crippen LogP contribution in [0.15, 0.2) is 64.4 Å². The number of esters is 1. The van der Waals surface area contributed by atoms with Gasteiger partial charge in [-0.05, 0) is 24.1 Å². The van der Waals surface area contributed by atoms with E-state index in [1.165, 1.54) is 18.2 Å². The summed E-state index contributed by atoms with van der Waals surface area (Å²) in [4.78, 5) is 29.9. The maximum absolute atomic E-state index is 12.8. The molecule has 9 heteroatoms. The molecule has 1 aliphatic carbocycles. The molecule has 172 valence electrons. The molecular formula is C24H22ClNO6S. The molecule has 4 rings (SSSR count). The highest BCUT2D eigenvalue weighted by Crippen LogP contribution is 2.33. The van der Waals surface area contributed by atoms with Crippen LogP contribution < -0.4 is 0 Å². The minimum absolute atomic E-state index is 0.00722. The molecule has 0 saturated heterocycles. The minimum atomic E-state index is -3.68. The van der Waals surface area contributed by atoms with Gasteiger partial charge in [-0.25, -0.2) is 13.2 Å². The van der Waals surface area contributed by atoms with E-state index in [-0.39, 0.29) is 38.7 Å². The summed E-state index contributed by atoms with van der Waals surface area (Å²) in [6.45, 7) is 0. The van der Waals surface area contributed by atoms with E-state index in [0.717, 1.165) is 11.8 Å². The molecule has 1 atom stereocenters. The van der Waals surface area contributed by atoms with Crippen molar-refractivity contribution in [2.75, 3.05) is 6.26 Å². The summed E-state index contributed by atoms with van der Waals surface area (Å²) in [5.74, 6) is -0.599. The van der Waals surface area contributed by atoms with Crippen molar-refractivity contribution in [3.05, 3.63) is 76.0 Å². The van der Waals surface area contributed by atoms with Gasteiger partial charge < -0.3 is 9.57 Å². The molecule has 0 spiro atoms. The van der Waals surface area contributed by atoms with Gasteiger partial charge in [0.1, 0.15) is 11.9 Å². The first-order valence-electron chi connectivity index (χ1n) is 10.5. The number of oxime groups is 1. The predicted octanol–water partition coefficient (Wildman–Crippen LogP) is 4.27. The van der Waals surface area contributed by atoms with Crippen LogP contribution >= 0.6 is 11.6 Å². The third-order valence-electron chi connectivity index (χ3n) is 5.44. The van der Waals surface area contributed by atoms with Gasteiger partial charge in [0, 0.05) is 43.6 Å². The summed E-state index contributed by atoms with van der Waals surface area (Å²) in [5.41, 5.74) is 1.54. The van der Waals surface area contributed by atoms with Crippen LogP contribution in [0.1, 0.15) is 47.2 Å². The number of carbonyl (C=O) groups is 2. The van der Waals surface area contributed by atoms with E-state index in [9.17, 15) is 18.0 Å². The number of benzene rings is 2. The number of nitrogens with zero attached hydrogens (tertiary/aromatic N) is 1. The summed E-state index contributed by atoms with van der Waals surface area (Å²) in [6.07, 6.45) is 4.48. The average molecular weight is 488 g/mol. The fraction of sp³-hybridized carbons (Fsp3) is 0.292. The zero-order valence-corrected chi connectivity index (χ0v) is 19.5. The minimum Gasteiger partial charge on any atom is -0.427 e. The summed E-state index contributed by atoms with van der Waals surface area (Å²) in [7, 11) is -3.68. The molecule has 2 aromatic rings. The highest BCUT2D eigenvalue weighted by Gasteiger charge is 2.31. The Balaban J connectivity index is 1.63. The average Bonchev–Trinajstić information content (AvgIpc) is 3.21. The molecule has 2 aromatic carbocycles. The third-order valence-corrected chi connectivity index (χ3v) is 6.97. The summed E-state index contributed by atoms with van der Waals surface area (Å²) < 4.78 is 30.3. The SMILES string of the molecule is CS(=O)(=O)c1ccc(C(=O)OC2=CC(=O)CCC2)c(Cl)c1C1=NOC(Cc2ccccc2)C1. The highest BCUT2D eigenvalue weighted by atomic mass is 35.5. The molecule has 0 radical (unpaired) electrons. The molecular weight excluding hydrogens is 466 g/mol. The van der Waals surface area contributed by atoms with Crippen molar-refractivity contribution in [1.82, 2.24) is 0 Å². The van der Waals surface area contributed by atoms with Crippen LogP contribution in [-0.2, 0) is 30.6 Å². The van der Waals surface area contributed by atoms with Crippen LogP contribution in [0.5, 0.6) is 0 Å². The lowest BCUT2D eigenvalue weighted by atomic mass is 9.99. The molecule has 0 aromatic heterocycles. The Labute approximate surface area is 196 Å². The molecule has 0 bridgehead atoms. The van der Waals surface area contributed by atoms with Gasteiger partial charge in [0.25, 0.3) is 0 Å². The zero-order valence-electron chi connectivity index (χ0n) is 17.9. The van der Waals surface area contributed by atoms with Crippen molar-refractivity contribution >= 4 is 38.9 Å². The zero-order chi connectivity index (χ0) is 23.6. The van der Waals surface area contributed by atoms with Gasteiger partial charge in [-0.2, -0.15) is 0 Å². The molecule has 0 saturated carbocycles. The first kappa shape index (κ1) is 23.2. The second-order valence-electron chi connectivity index (χ2n) is 8.05. The summed E-state index contributed by atoms with van der Waals surface area (Å²) >= 11 is 6.56. The van der Waals surface area contributed by atoms with Crippen molar-refractivity contribution in [3.63, 3.8) is 0 Å². The first-order valence-corrected chi connectivity index (χ1v) is 12.7. The van der Waals surface area contributed by atoms with Crippen molar-refractivity contribution in [2.24, 2.45) is 5.16 Å². The Bertz CT molecular complexity index is 1270. The van der Waals surface area contributed by atoms with Gasteiger partial charge in [-0.3, -0.25) is 4.79 Å². The number of ether oxygens (including phenoxy) is 1. The number of allylic oxidation sites excluding steroid dienone is 2. The van der Waals surface area contributed by atoms with E-state index in [4.69, 9.17) is 21.2 Å². The number of carbonyl (C=O) groups excluding carboxylic acids is 2. The molecule has 0 N–H and O–H groups in total. The van der Waals surface area contributed by atoms with Crippen LogP contribution in [-0.4, -0.2) is 38.2 Å². The van der Waals surface area contributed by atoms with Gasteiger partial charge in [0.15, 0.2) is 15.6 Å². The quantitative estimate of drug-likeness (QED) is 0.564. The van der Waals surface area contributed by atoms with Gasteiger partial charge in [0.05, 0.1) is 21.2 Å². The van der Waals surface area contributed by atoms with Gasteiger partial charge in [-0.1, -0.05) is 47.1 Å². The van der Waals surface area contributed by atoms with Crippen LogP contribution in [0.2, 0.25) is 5.02 Å². The normalized spacial score (nSPS) is 18.4. The lowest BCUT2D eigenvalue weighted by Crippen LogP contribution is -2.16. The van der Waals surface area contributed by atoms with Gasteiger partial charge in [-0.15, -0.1) is 0 Å². The number of hydrogen-bond acceptors (Lipinski definition) is 7. The standard InChI is InChI=1S/C24H22ClNO6S/c1-33(29,30)21-11-10-19(24(28)31-17-9-5-8-16(27)13-17)23(25)22(21)20-14-18(32-26-20)12-15-6-3-2-4-7-15/h2-4,6-7,10-11,13,18H,5,8-9,12,14H2,1H3. The van der Waals surface area contributed by atoms with E-state index in [1.54, 1.807) is 0 Å². The lowest BCUT2D eigenvalue weighted by molar-refractivity contribution is -0.115. The van der Waals surface area contributed by atoms with Crippen LogP contribution in [0.4, 0.5) is 0 Å². The molecule has 2 aliphatic rings. The van der Waals surface area contributed by atoms with E-state index in [1.807, 2.05) is 30.3 Å². The second-order valence-corrected chi connectivity index (χ2v) is 10.4. The van der Waals surface area contributed by atoms with Crippen molar-refractivity contribution < 1.29 is 27.6 Å². The Kier molecular flexibility index (Phi) is 6.67. The lowest BCUT2D eigenvalue weighted by Gasteiger charge is -2.15. The monoisotopic (exact) mass is 487 g/mol. The fourth-order valence-corrected chi connectivity index (χ4v) is 5.18. The van der Waals surface area contributed by atoms with E-state index >= 15 is 0 Å². The van der Waals surface area contributed by atoms with Crippen molar-refractivity contribution in [1.29, 1.82) is 0 Å². The second kappa shape index (κ2) is 9.49. The van der Waals surface area contributed by atoms with Crippen LogP contribution in [0.3, 0.4) is 0 Å². The predicted molar refractivity (Wildman–Crippen MR) is 123 cm³/mol. The topological polar surface area (TPSA) is 99.1 Å². The molecule has 1 unspecified atom stereocenters. The first-order chi connectivity index (χ1) is 15.7. The summed E-state index contributed by atoms with van der Waals surface area (Å²) in [6, 6.07) is 12.3. The Morgan fingerprint density at radius 2 is 1.94 bits per heavy atom. The number of ketones is 1. The van der Waals surface area contributed by atoms with Gasteiger partial charge in [0.2, 0.25) is 0 Å². The Hall–Kier alpha value is -2.97. The van der Waals surface area contributed by atoms with Crippen molar-refractivity contribution in [2.45, 2.75) is 43.1 Å².